The van der Waals surface area contributed by atoms with E-state index in [-0.39, 0.29) is 0 Å². The van der Waals surface area contributed by atoms with Crippen molar-refractivity contribution < 1.29 is 4.74 Å². The van der Waals surface area contributed by atoms with Crippen molar-refractivity contribution in [3.8, 4) is 0 Å². The van der Waals surface area contributed by atoms with Crippen LogP contribution in [0.5, 0.6) is 0 Å². The molecule has 3 N–H and O–H groups in total. The van der Waals surface area contributed by atoms with Gasteiger partial charge < -0.3 is 9.64 Å². The normalized spacial score (nSPS) is 20.7. The van der Waals surface area contributed by atoms with Crippen molar-refractivity contribution in [2.24, 2.45) is 10.8 Å². The van der Waals surface area contributed by atoms with Gasteiger partial charge in [-0.15, -0.1) is 0 Å². The first-order chi connectivity index (χ1) is 9.33. The van der Waals surface area contributed by atoms with Crippen LogP contribution in [0, 0.1) is 0 Å². The molecule has 1 aliphatic rings. The van der Waals surface area contributed by atoms with E-state index < -0.39 is 0 Å². The second-order valence-electron chi connectivity index (χ2n) is 5.03. The minimum absolute atomic E-state index is 0.598. The van der Waals surface area contributed by atoms with Gasteiger partial charge >= 0.3 is 0 Å². The van der Waals surface area contributed by atoms with Crippen LogP contribution in [0.4, 0.5) is 0 Å². The van der Waals surface area contributed by atoms with Crippen LogP contribution in [0.15, 0.2) is 4.99 Å². The fourth-order valence-corrected chi connectivity index (χ4v) is 2.63. The number of aliphatic imine (C=N–C) groups is 1. The van der Waals surface area contributed by atoms with Crippen molar-refractivity contribution in [2.75, 3.05) is 26.3 Å². The Morgan fingerprint density at radius 1 is 1.42 bits per heavy atom. The number of hydrazine groups is 1. The van der Waals surface area contributed by atoms with Gasteiger partial charge in [0.25, 0.3) is 0 Å². The maximum Gasteiger partial charge on any atom is 0.208 e. The van der Waals surface area contributed by atoms with Crippen LogP contribution < -0.4 is 11.3 Å². The molecule has 1 fully saturated rings. The lowest BCUT2D eigenvalue weighted by Crippen LogP contribution is -2.51. The van der Waals surface area contributed by atoms with Crippen LogP contribution in [0.1, 0.15) is 52.4 Å². The first-order valence-electron chi connectivity index (χ1n) is 7.68. The van der Waals surface area contributed by atoms with Gasteiger partial charge in [0.05, 0.1) is 0 Å². The lowest BCUT2D eigenvalue weighted by molar-refractivity contribution is 0.146. The summed E-state index contributed by atoms with van der Waals surface area (Å²) in [5, 5.41) is 0. The fourth-order valence-electron chi connectivity index (χ4n) is 2.63. The highest BCUT2D eigenvalue weighted by Crippen LogP contribution is 2.20. The standard InChI is InChI=1S/C14H30N4O/c1-3-8-13-9-5-6-11-18(13)14(17-15)16-10-7-12-19-4-2/h13H,3-12,15H2,1-2H3,(H,16,17). The van der Waals surface area contributed by atoms with Gasteiger partial charge in [0, 0.05) is 32.3 Å². The third-order valence-electron chi connectivity index (χ3n) is 3.56. The lowest BCUT2D eigenvalue weighted by atomic mass is 9.99. The quantitative estimate of drug-likeness (QED) is 0.244. The molecule has 0 bridgehead atoms. The number of hydrogen-bond donors (Lipinski definition) is 2. The van der Waals surface area contributed by atoms with Crippen molar-refractivity contribution in [1.29, 1.82) is 0 Å². The number of nitrogens with zero attached hydrogens (tertiary/aromatic N) is 2. The lowest BCUT2D eigenvalue weighted by Gasteiger charge is -2.37. The maximum atomic E-state index is 5.65. The zero-order valence-electron chi connectivity index (χ0n) is 12.5. The van der Waals surface area contributed by atoms with Gasteiger partial charge in [-0.1, -0.05) is 13.3 Å². The number of nitrogens with one attached hydrogen (secondary N) is 1. The second-order valence-corrected chi connectivity index (χ2v) is 5.03. The number of piperidine rings is 1. The van der Waals surface area contributed by atoms with Gasteiger partial charge in [-0.25, -0.2) is 5.84 Å². The van der Waals surface area contributed by atoms with E-state index in [1.165, 1.54) is 32.1 Å². The minimum Gasteiger partial charge on any atom is -0.382 e. The van der Waals surface area contributed by atoms with E-state index in [9.17, 15) is 0 Å². The molecule has 5 nitrogen and oxygen atoms in total. The van der Waals surface area contributed by atoms with E-state index in [4.69, 9.17) is 10.6 Å². The molecule has 1 rings (SSSR count). The van der Waals surface area contributed by atoms with Gasteiger partial charge in [0.15, 0.2) is 0 Å². The molecule has 0 amide bonds. The number of ether oxygens (including phenoxy) is 1. The van der Waals surface area contributed by atoms with Crippen molar-refractivity contribution >= 4 is 5.96 Å². The number of rotatable bonds is 7. The Balaban J connectivity index is 2.47. The number of nitrogens with two attached hydrogens (primary N) is 1. The van der Waals surface area contributed by atoms with Crippen LogP contribution >= 0.6 is 0 Å². The first kappa shape index (κ1) is 16.2. The smallest absolute Gasteiger partial charge is 0.208 e. The Morgan fingerprint density at radius 2 is 2.26 bits per heavy atom. The number of likely N-dealkylation sites (tertiary alicyclic amines) is 1. The molecule has 1 atom stereocenters. The van der Waals surface area contributed by atoms with E-state index in [1.54, 1.807) is 0 Å². The summed E-state index contributed by atoms with van der Waals surface area (Å²) >= 11 is 0. The van der Waals surface area contributed by atoms with E-state index in [1.807, 2.05) is 6.92 Å². The van der Waals surface area contributed by atoms with Crippen LogP contribution in [-0.2, 0) is 4.74 Å². The molecule has 0 aliphatic carbocycles. The molecular weight excluding hydrogens is 240 g/mol. The number of guanidine groups is 1. The SMILES string of the molecule is CCCC1CCCCN1C(=NCCCOCC)NN. The van der Waals surface area contributed by atoms with Gasteiger partial charge in [0.1, 0.15) is 0 Å². The molecule has 1 heterocycles. The van der Waals surface area contributed by atoms with E-state index in [0.717, 1.165) is 38.7 Å². The highest BCUT2D eigenvalue weighted by molar-refractivity contribution is 5.79. The third kappa shape index (κ3) is 5.78. The average molecular weight is 270 g/mol. The van der Waals surface area contributed by atoms with E-state index >= 15 is 0 Å². The second kappa shape index (κ2) is 10.0. The molecule has 1 unspecified atom stereocenters. The molecular formula is C14H30N4O. The van der Waals surface area contributed by atoms with Gasteiger partial charge in [-0.3, -0.25) is 10.4 Å². The summed E-state index contributed by atoms with van der Waals surface area (Å²) in [4.78, 5) is 6.95. The molecule has 1 saturated heterocycles. The van der Waals surface area contributed by atoms with Crippen LogP contribution in [0.25, 0.3) is 0 Å². The van der Waals surface area contributed by atoms with Crippen LogP contribution in [-0.4, -0.2) is 43.2 Å². The molecule has 0 radical (unpaired) electrons. The van der Waals surface area contributed by atoms with Crippen LogP contribution in [0.3, 0.4) is 0 Å². The highest BCUT2D eigenvalue weighted by atomic mass is 16.5. The summed E-state index contributed by atoms with van der Waals surface area (Å²) in [5.74, 6) is 6.51. The van der Waals surface area contributed by atoms with Gasteiger partial charge in [-0.05, 0) is 39.0 Å². The molecule has 5 heteroatoms. The van der Waals surface area contributed by atoms with E-state index in [2.05, 4.69) is 22.2 Å². The maximum absolute atomic E-state index is 5.65. The Morgan fingerprint density at radius 3 is 2.95 bits per heavy atom. The average Bonchev–Trinajstić information content (AvgIpc) is 2.44. The highest BCUT2D eigenvalue weighted by Gasteiger charge is 2.23. The summed E-state index contributed by atoms with van der Waals surface area (Å²) < 4.78 is 5.32. The fraction of sp³-hybridized carbons (Fsp3) is 0.929. The molecule has 1 aliphatic heterocycles. The summed E-state index contributed by atoms with van der Waals surface area (Å²) in [5.41, 5.74) is 2.79. The topological polar surface area (TPSA) is 62.9 Å². The predicted molar refractivity (Wildman–Crippen MR) is 80.0 cm³/mol. The number of hydrogen-bond acceptors (Lipinski definition) is 3. The van der Waals surface area contributed by atoms with Crippen LogP contribution in [0.2, 0.25) is 0 Å². The Hall–Kier alpha value is -0.810. The monoisotopic (exact) mass is 270 g/mol. The predicted octanol–water partition coefficient (Wildman–Crippen LogP) is 1.89. The summed E-state index contributed by atoms with van der Waals surface area (Å²) in [7, 11) is 0. The zero-order chi connectivity index (χ0) is 13.9. The molecule has 0 saturated carbocycles. The first-order valence-corrected chi connectivity index (χ1v) is 7.68. The molecule has 112 valence electrons. The van der Waals surface area contributed by atoms with Gasteiger partial charge in [-0.2, -0.15) is 0 Å². The molecule has 0 aromatic carbocycles. The van der Waals surface area contributed by atoms with Crippen molar-refractivity contribution in [1.82, 2.24) is 10.3 Å². The summed E-state index contributed by atoms with van der Waals surface area (Å²) in [6.45, 7) is 7.64. The van der Waals surface area contributed by atoms with Crippen molar-refractivity contribution in [3.63, 3.8) is 0 Å². The largest absolute Gasteiger partial charge is 0.382 e. The molecule has 0 aromatic heterocycles. The minimum atomic E-state index is 0.598. The molecule has 0 aromatic rings. The van der Waals surface area contributed by atoms with Gasteiger partial charge in [0.2, 0.25) is 5.96 Å². The molecule has 0 spiro atoms. The Labute approximate surface area is 117 Å². The summed E-state index contributed by atoms with van der Waals surface area (Å²) in [6, 6.07) is 0.598. The van der Waals surface area contributed by atoms with E-state index in [0.29, 0.717) is 6.04 Å². The Bertz CT molecular complexity index is 256. The molecule has 19 heavy (non-hydrogen) atoms. The zero-order valence-corrected chi connectivity index (χ0v) is 12.5. The third-order valence-corrected chi connectivity index (χ3v) is 3.56. The Kier molecular flexibility index (Phi) is 8.58. The summed E-state index contributed by atoms with van der Waals surface area (Å²) in [6.07, 6.45) is 7.20. The van der Waals surface area contributed by atoms with Crippen molar-refractivity contribution in [2.45, 2.75) is 58.4 Å². The van der Waals surface area contributed by atoms with Crippen molar-refractivity contribution in [3.05, 3.63) is 0 Å².